The van der Waals surface area contributed by atoms with Gasteiger partial charge in [-0.05, 0) is 36.8 Å². The first-order valence-corrected chi connectivity index (χ1v) is 9.38. The Kier molecular flexibility index (Phi) is 5.91. The third kappa shape index (κ3) is 4.70. The van der Waals surface area contributed by atoms with E-state index in [1.165, 1.54) is 0 Å². The summed E-state index contributed by atoms with van der Waals surface area (Å²) in [6.45, 7) is 8.20. The third-order valence-electron chi connectivity index (χ3n) is 5.62. The zero-order chi connectivity index (χ0) is 17.8. The molecule has 1 aromatic rings. The highest BCUT2D eigenvalue weighted by Crippen LogP contribution is 2.20. The van der Waals surface area contributed by atoms with Crippen LogP contribution in [0.2, 0.25) is 0 Å². The van der Waals surface area contributed by atoms with E-state index in [-0.39, 0.29) is 18.0 Å². The van der Waals surface area contributed by atoms with Gasteiger partial charge in [0.15, 0.2) is 0 Å². The zero-order valence-electron chi connectivity index (χ0n) is 15.3. The lowest BCUT2D eigenvalue weighted by molar-refractivity contribution is 0.0412. The molecule has 1 aromatic heterocycles. The Labute approximate surface area is 150 Å². The van der Waals surface area contributed by atoms with Crippen molar-refractivity contribution in [3.05, 3.63) is 30.1 Å². The highest BCUT2D eigenvalue weighted by Gasteiger charge is 2.31. The number of rotatable bonds is 3. The van der Waals surface area contributed by atoms with Gasteiger partial charge in [-0.25, -0.2) is 4.79 Å². The SMILES string of the molecule is CC1CCN(C(=O)NC2CCN(Cc3ccccn3)CC2C)CC1O. The van der Waals surface area contributed by atoms with E-state index in [9.17, 15) is 9.90 Å². The predicted molar refractivity (Wildman–Crippen MR) is 97.0 cm³/mol. The molecule has 6 nitrogen and oxygen atoms in total. The number of nitrogens with zero attached hydrogens (tertiary/aromatic N) is 3. The lowest BCUT2D eigenvalue weighted by Crippen LogP contribution is -2.55. The molecule has 138 valence electrons. The number of hydrogen-bond donors (Lipinski definition) is 2. The Hall–Kier alpha value is -1.66. The van der Waals surface area contributed by atoms with Crippen molar-refractivity contribution in [3.8, 4) is 0 Å². The summed E-state index contributed by atoms with van der Waals surface area (Å²) in [6.07, 6.45) is 3.25. The molecule has 0 bridgehead atoms. The quantitative estimate of drug-likeness (QED) is 0.874. The van der Waals surface area contributed by atoms with Crippen LogP contribution >= 0.6 is 0 Å². The van der Waals surface area contributed by atoms with E-state index in [1.807, 2.05) is 25.3 Å². The topological polar surface area (TPSA) is 68.7 Å². The number of likely N-dealkylation sites (tertiary alicyclic amines) is 2. The number of carbonyl (C=O) groups excluding carboxylic acids is 1. The van der Waals surface area contributed by atoms with Gasteiger partial charge < -0.3 is 15.3 Å². The number of amides is 2. The summed E-state index contributed by atoms with van der Waals surface area (Å²) in [7, 11) is 0. The van der Waals surface area contributed by atoms with Crippen LogP contribution in [0, 0.1) is 11.8 Å². The van der Waals surface area contributed by atoms with Gasteiger partial charge >= 0.3 is 6.03 Å². The average Bonchev–Trinajstić information content (AvgIpc) is 2.60. The first-order chi connectivity index (χ1) is 12.0. The van der Waals surface area contributed by atoms with Crippen molar-refractivity contribution < 1.29 is 9.90 Å². The lowest BCUT2D eigenvalue weighted by Gasteiger charge is -2.39. The minimum atomic E-state index is -0.405. The van der Waals surface area contributed by atoms with Crippen LogP contribution in [0.25, 0.3) is 0 Å². The highest BCUT2D eigenvalue weighted by molar-refractivity contribution is 5.74. The summed E-state index contributed by atoms with van der Waals surface area (Å²) in [6, 6.07) is 6.19. The van der Waals surface area contributed by atoms with Crippen LogP contribution in [-0.2, 0) is 6.54 Å². The summed E-state index contributed by atoms with van der Waals surface area (Å²) in [5, 5.41) is 13.2. The number of aromatic nitrogens is 1. The van der Waals surface area contributed by atoms with Gasteiger partial charge in [-0.3, -0.25) is 9.88 Å². The molecule has 3 rings (SSSR count). The number of hydrogen-bond acceptors (Lipinski definition) is 4. The van der Waals surface area contributed by atoms with Gasteiger partial charge in [-0.1, -0.05) is 19.9 Å². The molecule has 2 saturated heterocycles. The molecule has 3 heterocycles. The van der Waals surface area contributed by atoms with Gasteiger partial charge in [-0.2, -0.15) is 0 Å². The second kappa shape index (κ2) is 8.15. The maximum absolute atomic E-state index is 12.5. The standard InChI is InChI=1S/C19H30N4O2/c1-14-6-10-23(13-18(14)24)19(25)21-17-7-9-22(11-15(17)2)12-16-5-3-4-8-20-16/h3-5,8,14-15,17-18,24H,6-7,9-13H2,1-2H3,(H,21,25). The predicted octanol–water partition coefficient (Wildman–Crippen LogP) is 1.70. The molecule has 0 aromatic carbocycles. The van der Waals surface area contributed by atoms with Crippen LogP contribution in [0.1, 0.15) is 32.4 Å². The molecule has 2 N–H and O–H groups in total. The van der Waals surface area contributed by atoms with E-state index in [0.29, 0.717) is 12.5 Å². The maximum Gasteiger partial charge on any atom is 0.317 e. The van der Waals surface area contributed by atoms with Gasteiger partial charge in [0.1, 0.15) is 0 Å². The Balaban J connectivity index is 1.47. The van der Waals surface area contributed by atoms with Gasteiger partial charge in [-0.15, -0.1) is 0 Å². The van der Waals surface area contributed by atoms with Crippen LogP contribution in [0.5, 0.6) is 0 Å². The maximum atomic E-state index is 12.5. The van der Waals surface area contributed by atoms with Gasteiger partial charge in [0.05, 0.1) is 11.8 Å². The van der Waals surface area contributed by atoms with Gasteiger partial charge in [0.2, 0.25) is 0 Å². The molecule has 0 radical (unpaired) electrons. The molecule has 2 amide bonds. The molecule has 0 spiro atoms. The number of piperidine rings is 2. The highest BCUT2D eigenvalue weighted by atomic mass is 16.3. The van der Waals surface area contributed by atoms with Crippen LogP contribution < -0.4 is 5.32 Å². The van der Waals surface area contributed by atoms with Crippen LogP contribution in [0.4, 0.5) is 4.79 Å². The van der Waals surface area contributed by atoms with Crippen LogP contribution in [0.3, 0.4) is 0 Å². The van der Waals surface area contributed by atoms with Crippen molar-refractivity contribution in [2.75, 3.05) is 26.2 Å². The van der Waals surface area contributed by atoms with E-state index in [0.717, 1.165) is 44.7 Å². The molecular weight excluding hydrogens is 316 g/mol. The number of nitrogens with one attached hydrogen (secondary N) is 1. The van der Waals surface area contributed by atoms with E-state index >= 15 is 0 Å². The Morgan fingerprint density at radius 2 is 2.08 bits per heavy atom. The van der Waals surface area contributed by atoms with E-state index in [1.54, 1.807) is 4.90 Å². The molecule has 2 fully saturated rings. The van der Waals surface area contributed by atoms with E-state index in [4.69, 9.17) is 0 Å². The fourth-order valence-corrected chi connectivity index (χ4v) is 3.79. The van der Waals surface area contributed by atoms with Crippen molar-refractivity contribution in [3.63, 3.8) is 0 Å². The number of carbonyl (C=O) groups is 1. The summed E-state index contributed by atoms with van der Waals surface area (Å²) in [5.74, 6) is 0.674. The van der Waals surface area contributed by atoms with Crippen LogP contribution in [0.15, 0.2) is 24.4 Å². The molecule has 4 unspecified atom stereocenters. The fourth-order valence-electron chi connectivity index (χ4n) is 3.79. The largest absolute Gasteiger partial charge is 0.391 e. The van der Waals surface area contributed by atoms with Gasteiger partial charge in [0, 0.05) is 45.0 Å². The Morgan fingerprint density at radius 3 is 2.76 bits per heavy atom. The third-order valence-corrected chi connectivity index (χ3v) is 5.62. The number of aliphatic hydroxyl groups is 1. The van der Waals surface area contributed by atoms with Crippen LogP contribution in [-0.4, -0.2) is 64.2 Å². The molecule has 2 aliphatic rings. The summed E-state index contributed by atoms with van der Waals surface area (Å²) < 4.78 is 0. The van der Waals surface area contributed by atoms with Crippen molar-refractivity contribution in [1.82, 2.24) is 20.1 Å². The number of β-amino-alcohol motifs (C(OH)–C–C–N with tert-alkyl or cyclic N) is 1. The molecular formula is C19H30N4O2. The summed E-state index contributed by atoms with van der Waals surface area (Å²) >= 11 is 0. The van der Waals surface area contributed by atoms with Gasteiger partial charge in [0.25, 0.3) is 0 Å². The second-order valence-corrected chi connectivity index (χ2v) is 7.66. The Bertz CT molecular complexity index is 568. The van der Waals surface area contributed by atoms with Crippen molar-refractivity contribution in [2.45, 2.75) is 45.4 Å². The fraction of sp³-hybridized carbons (Fsp3) is 0.684. The first kappa shape index (κ1) is 18.1. The first-order valence-electron chi connectivity index (χ1n) is 9.38. The molecule has 2 aliphatic heterocycles. The Morgan fingerprint density at radius 1 is 1.24 bits per heavy atom. The minimum absolute atomic E-state index is 0.0269. The molecule has 6 heteroatoms. The van der Waals surface area contributed by atoms with Crippen molar-refractivity contribution >= 4 is 6.03 Å². The lowest BCUT2D eigenvalue weighted by atomic mass is 9.93. The summed E-state index contributed by atoms with van der Waals surface area (Å²) in [5.41, 5.74) is 1.09. The normalized spacial score (nSPS) is 30.9. The minimum Gasteiger partial charge on any atom is -0.391 e. The zero-order valence-corrected chi connectivity index (χ0v) is 15.3. The molecule has 0 aliphatic carbocycles. The smallest absolute Gasteiger partial charge is 0.317 e. The number of aliphatic hydroxyl groups excluding tert-OH is 1. The number of urea groups is 1. The summed E-state index contributed by atoms with van der Waals surface area (Å²) in [4.78, 5) is 21.1. The number of pyridine rings is 1. The van der Waals surface area contributed by atoms with Crippen molar-refractivity contribution in [2.24, 2.45) is 11.8 Å². The monoisotopic (exact) mass is 346 g/mol. The van der Waals surface area contributed by atoms with Crippen molar-refractivity contribution in [1.29, 1.82) is 0 Å². The molecule has 0 saturated carbocycles. The van der Waals surface area contributed by atoms with E-state index in [2.05, 4.69) is 28.2 Å². The van der Waals surface area contributed by atoms with E-state index < -0.39 is 6.10 Å². The molecule has 4 atom stereocenters. The second-order valence-electron chi connectivity index (χ2n) is 7.66. The molecule has 25 heavy (non-hydrogen) atoms. The average molecular weight is 346 g/mol.